The fourth-order valence-corrected chi connectivity index (χ4v) is 747. The van der Waals surface area contributed by atoms with Crippen molar-refractivity contribution in [1.29, 1.82) is 0 Å². The molecule has 38 unspecified atom stereocenters. The Morgan fingerprint density at radius 1 is 0.134 bits per heavy atom. The first-order valence-corrected chi connectivity index (χ1v) is 133. The molecule has 0 aliphatic heterocycles. The van der Waals surface area contributed by atoms with Crippen LogP contribution in [0.15, 0.2) is 0 Å². The van der Waals surface area contributed by atoms with E-state index in [-0.39, 0.29) is 189 Å². The fraction of sp³-hybridized carbons (Fsp3) is 1.00. The molecule has 67 heavy (non-hydrogen) atoms. The molecule has 0 bridgehead atoms. The zero-order valence-corrected chi connectivity index (χ0v) is 103. The molecule has 0 aromatic carbocycles. The quantitative estimate of drug-likeness (QED) is 0.0607. The van der Waals surface area contributed by atoms with Gasteiger partial charge in [-0.1, -0.05) is 0 Å². The molecular weight excluding hydrogens is 2060 g/mol. The highest BCUT2D eigenvalue weighted by atomic mass is 33.4. The number of hydrogen-bond acceptors (Lipinski definition) is 0. The Kier molecular flexibility index (Phi) is 72.2. The van der Waals surface area contributed by atoms with E-state index in [1.54, 1.807) is 0 Å². The Hall–Kier alpha value is 28.4. The minimum absolute atomic E-state index is 0.288. The third kappa shape index (κ3) is 31.3. The molecule has 0 nitrogen and oxygen atoms in total. The molecule has 0 amide bonds. The van der Waals surface area contributed by atoms with Crippen LogP contribution in [0.1, 0.15) is 0 Å². The van der Waals surface area contributed by atoms with E-state index in [9.17, 15) is 0 Å². The van der Waals surface area contributed by atoms with Crippen LogP contribution in [0.2, 0.25) is 0 Å². The van der Waals surface area contributed by atoms with Gasteiger partial charge in [-0.2, -0.15) is 0 Å². The summed E-state index contributed by atoms with van der Waals surface area (Å²) in [6.45, 7) is -9.74. The molecule has 0 fully saturated rings. The van der Waals surface area contributed by atoms with Crippen LogP contribution in [0.5, 0.6) is 0 Å². The summed E-state index contributed by atoms with van der Waals surface area (Å²) in [4.78, 5) is 0. The molecule has 0 aromatic rings. The van der Waals surface area contributed by atoms with Crippen LogP contribution >= 0.6 is 530 Å². The Balaban J connectivity index is 12.2. The van der Waals surface area contributed by atoms with Gasteiger partial charge in [0, 0.05) is 0 Å². The molecule has 0 saturated carbocycles. The molecule has 0 aliphatic carbocycles. The van der Waals surface area contributed by atoms with Crippen LogP contribution in [0.25, 0.3) is 0 Å². The summed E-state index contributed by atoms with van der Waals surface area (Å²) in [5, 5.41) is 0. The van der Waals surface area contributed by atoms with Gasteiger partial charge in [0.1, 0.15) is 0 Å². The van der Waals surface area contributed by atoms with Gasteiger partial charge in [-0.25, -0.2) is 0 Å². The van der Waals surface area contributed by atoms with E-state index in [0.717, 1.165) is 0 Å². The summed E-state index contributed by atoms with van der Waals surface area (Å²) >= 11 is 0. The highest BCUT2D eigenvalue weighted by molar-refractivity contribution is 9.39. The summed E-state index contributed by atoms with van der Waals surface area (Å²) in [5.41, 5.74) is 0. The predicted octanol–water partition coefficient (Wildman–Crippen LogP) is 37.9. The fourth-order valence-electron chi connectivity index (χ4n) is 4.57. The van der Waals surface area contributed by atoms with Crippen LogP contribution in [0, 0.1) is 0 Å². The Bertz CT molecular complexity index is 1050. The molecule has 66 heteroatoms. The molecule has 0 aliphatic rings. The molecule has 0 saturated heterocycles. The van der Waals surface area contributed by atoms with Crippen molar-refractivity contribution in [2.75, 3.05) is 0 Å². The first-order valence-electron chi connectivity index (χ1n) is 15.3. The van der Waals surface area contributed by atoms with E-state index in [0.29, 0.717) is 4.38 Å². The van der Waals surface area contributed by atoms with Crippen molar-refractivity contribution in [1.82, 2.24) is 0 Å². The molecule has 0 radical (unpaired) electrons. The van der Waals surface area contributed by atoms with E-state index < -0.39 is 29.2 Å². The Labute approximate surface area is 526 Å². The summed E-state index contributed by atoms with van der Waals surface area (Å²) in [7, 11) is 126. The van der Waals surface area contributed by atoms with Crippen molar-refractivity contribution in [2.45, 2.75) is 4.38 Å². The van der Waals surface area contributed by atoms with Crippen molar-refractivity contribution < 1.29 is 0 Å². The van der Waals surface area contributed by atoms with Crippen LogP contribution in [-0.2, 0) is 0 Å². The van der Waals surface area contributed by atoms with Gasteiger partial charge in [-0.15, -0.1) is 312 Å². The number of hydrogen-bond donors (Lipinski definition) is 0. The maximum absolute atomic E-state index is 3.85. The highest BCUT2D eigenvalue weighted by Crippen LogP contribution is 3.45. The molecule has 0 N–H and O–H groups in total. The zero-order chi connectivity index (χ0) is 53.4. The minimum atomic E-state index is -0.505. The third-order valence-corrected chi connectivity index (χ3v) is 415. The van der Waals surface area contributed by atoms with Crippen molar-refractivity contribution >= 4 is 530 Å². The molecule has 0 rings (SSSR count). The van der Waals surface area contributed by atoms with E-state index in [4.69, 9.17) is 0 Å². The van der Waals surface area contributed by atoms with Crippen LogP contribution in [0.4, 0.5) is 0 Å². The molecule has 404 valence electrons. The first kappa shape index (κ1) is 95.4. The molecular formula is CH70P66. The molecule has 38 atom stereocenters. The second kappa shape index (κ2) is 50.7. The largest absolute Gasteiger partial charge is 0.102 e. The van der Waals surface area contributed by atoms with Gasteiger partial charge in [0.25, 0.3) is 0 Å². The van der Waals surface area contributed by atoms with Crippen LogP contribution < -0.4 is 0 Å². The normalized spacial score (nSPS) is 16.0. The van der Waals surface area contributed by atoms with Crippen molar-refractivity contribution in [3.05, 3.63) is 0 Å². The van der Waals surface area contributed by atoms with Gasteiger partial charge in [-0.05, 0) is 218 Å². The lowest BCUT2D eigenvalue weighted by molar-refractivity contribution is 1.87. The topological polar surface area (TPSA) is 0 Å². The van der Waals surface area contributed by atoms with E-state index in [2.05, 4.69) is 312 Å². The summed E-state index contributed by atoms with van der Waals surface area (Å²) < 4.78 is 0.342. The van der Waals surface area contributed by atoms with E-state index in [1.165, 1.54) is 0 Å². The number of rotatable bonds is 31. The lowest BCUT2D eigenvalue weighted by Gasteiger charge is -2.69. The smallest absolute Gasteiger partial charge is 0.0860 e. The Morgan fingerprint density at radius 2 is 0.254 bits per heavy atom. The van der Waals surface area contributed by atoms with Gasteiger partial charge in [0.2, 0.25) is 0 Å². The maximum atomic E-state index is 3.85. The van der Waals surface area contributed by atoms with Gasteiger partial charge >= 0.3 is 0 Å². The van der Waals surface area contributed by atoms with Gasteiger partial charge in [-0.3, -0.25) is 0 Å². The summed E-state index contributed by atoms with van der Waals surface area (Å²) in [6, 6.07) is 0. The average Bonchev–Trinajstić information content (AvgIpc) is 3.10. The van der Waals surface area contributed by atoms with Gasteiger partial charge < -0.3 is 0 Å². The first-order chi connectivity index (χ1) is 30.4. The van der Waals surface area contributed by atoms with Crippen molar-refractivity contribution in [3.8, 4) is 0 Å². The monoisotopic (exact) mass is 2130 g/mol. The maximum Gasteiger partial charge on any atom is 0.0860 e. The molecule has 0 heterocycles. The van der Waals surface area contributed by atoms with Crippen molar-refractivity contribution in [2.24, 2.45) is 0 Å². The lowest BCUT2D eigenvalue weighted by Crippen LogP contribution is -2.14. The van der Waals surface area contributed by atoms with Crippen LogP contribution in [0.3, 0.4) is 0 Å². The minimum Gasteiger partial charge on any atom is -0.102 e. The predicted molar refractivity (Wildman–Crippen MR) is 557 cm³/mol. The van der Waals surface area contributed by atoms with Gasteiger partial charge in [0.15, 0.2) is 0 Å². The zero-order valence-electron chi connectivity index (χ0n) is 34.6. The second-order valence-corrected chi connectivity index (χ2v) is 271. The van der Waals surface area contributed by atoms with Crippen molar-refractivity contribution in [3.63, 3.8) is 0 Å². The van der Waals surface area contributed by atoms with E-state index in [1.807, 2.05) is 0 Å². The average molecular weight is 2130 g/mol. The second-order valence-electron chi connectivity index (χ2n) is 11.0. The third-order valence-electron chi connectivity index (χ3n) is 6.31. The van der Waals surface area contributed by atoms with Crippen LogP contribution in [-0.4, -0.2) is 4.38 Å². The van der Waals surface area contributed by atoms with E-state index >= 15 is 0 Å². The standard InChI is InChI=1S/CH70P66/c2-41(3)58(36)66(67(56(32)33)57(34)35)40(65(54(28)29)55(30)31)1(37(59(42(4)5)43(6)7)60(44(8)9)45(10)11,38(61(46(12)13)47(14)15)62(48(16)17)49(18)19)39(63(50(20)21)51(22)23)64(52(24)25)53(26)27/h2-36H2. The summed E-state index contributed by atoms with van der Waals surface area (Å²) in [6.07, 6.45) is 0. The van der Waals surface area contributed by atoms with Gasteiger partial charge in [0.05, 0.1) is 4.38 Å². The molecule has 0 spiro atoms. The lowest BCUT2D eigenvalue weighted by atomic mass is 11.8. The SMILES string of the molecule is PP(P)P(P)P(P(P(P)P)P(P)P)P(P(P(P)P)P(P)P)C(P(P(P(P)P)P(P)P)P(P(P)P)P(P)P)(P(P(P(P)P)P(P)P)P(P(P)P)P(P)P)P(P(P(P)P)P(P)P)P(P(P)P)P(P)P. The summed E-state index contributed by atoms with van der Waals surface area (Å²) in [5.74, 6) is 0. The Morgan fingerprint density at radius 3 is 0.358 bits per heavy atom. The highest BCUT2D eigenvalue weighted by Gasteiger charge is 2.73. The molecule has 0 aromatic heterocycles.